The summed E-state index contributed by atoms with van der Waals surface area (Å²) in [4.78, 5) is 4.61. The van der Waals surface area contributed by atoms with Gasteiger partial charge in [0.2, 0.25) is 0 Å². The van der Waals surface area contributed by atoms with Gasteiger partial charge in [0.15, 0.2) is 0 Å². The predicted octanol–water partition coefficient (Wildman–Crippen LogP) is 8.67. The zero-order chi connectivity index (χ0) is 38.9. The lowest BCUT2D eigenvalue weighted by molar-refractivity contribution is 1.13. The second-order valence-corrected chi connectivity index (χ2v) is 7.48. The van der Waals surface area contributed by atoms with Crippen molar-refractivity contribution in [1.29, 1.82) is 0 Å². The minimum atomic E-state index is -0.808. The van der Waals surface area contributed by atoms with E-state index in [0.29, 0.717) is 0 Å². The molecular weight excluding hydrogens is 424 g/mol. The first kappa shape index (κ1) is 8.83. The summed E-state index contributed by atoms with van der Waals surface area (Å²) in [6.07, 6.45) is 0. The Bertz CT molecular complexity index is 2690. The van der Waals surface area contributed by atoms with Gasteiger partial charge in [-0.15, -0.1) is 0 Å². The van der Waals surface area contributed by atoms with Gasteiger partial charge in [-0.3, -0.25) is 4.57 Å². The minimum Gasteiger partial charge on any atom is -0.291 e. The van der Waals surface area contributed by atoms with Crippen molar-refractivity contribution in [2.24, 2.45) is 0 Å². The zero-order valence-electron chi connectivity index (χ0n) is 35.7. The summed E-state index contributed by atoms with van der Waals surface area (Å²) in [6.45, 7) is 0. The Morgan fingerprint density at radius 3 is 1.69 bits per heavy atom. The molecule has 0 radical (unpaired) electrons. The Morgan fingerprint density at radius 1 is 0.543 bits per heavy atom. The topological polar surface area (TPSA) is 17.8 Å². The van der Waals surface area contributed by atoms with Crippen molar-refractivity contribution in [3.05, 3.63) is 133 Å². The maximum Gasteiger partial charge on any atom is 0.145 e. The van der Waals surface area contributed by atoms with E-state index in [2.05, 4.69) is 4.98 Å². The summed E-state index contributed by atoms with van der Waals surface area (Å²) < 4.78 is 158. The second kappa shape index (κ2) is 7.96. The number of nitrogens with zero attached hydrogens (tertiary/aromatic N) is 2. The van der Waals surface area contributed by atoms with Crippen molar-refractivity contribution in [3.8, 4) is 28.2 Å². The number of hydrogen-bond acceptors (Lipinski definition) is 1. The molecule has 0 saturated carbocycles. The van der Waals surface area contributed by atoms with Gasteiger partial charge in [0.1, 0.15) is 5.82 Å². The van der Waals surface area contributed by atoms with Crippen LogP contribution in [0.2, 0.25) is 0 Å². The maximum absolute atomic E-state index is 9.24. The monoisotopic (exact) mass is 464 g/mol. The summed E-state index contributed by atoms with van der Waals surface area (Å²) >= 11 is 0. The van der Waals surface area contributed by atoms with Crippen LogP contribution in [0.25, 0.3) is 60.8 Å². The van der Waals surface area contributed by atoms with E-state index in [4.69, 9.17) is 21.9 Å². The number of rotatable bonds is 3. The van der Waals surface area contributed by atoms with Gasteiger partial charge in [0.05, 0.1) is 41.4 Å². The van der Waals surface area contributed by atoms with Crippen LogP contribution in [0.5, 0.6) is 0 Å². The van der Waals surface area contributed by atoms with Crippen LogP contribution in [-0.4, -0.2) is 9.55 Å². The third-order valence-electron chi connectivity index (χ3n) is 5.61. The first-order valence-corrected chi connectivity index (χ1v) is 10.4. The van der Waals surface area contributed by atoms with Gasteiger partial charge >= 0.3 is 0 Å². The highest BCUT2D eigenvalue weighted by atomic mass is 15.1. The Kier molecular flexibility index (Phi) is 2.01. The molecule has 1 aromatic heterocycles. The average molecular weight is 465 g/mol. The maximum atomic E-state index is 9.24. The molecule has 6 aromatic carbocycles. The van der Waals surface area contributed by atoms with E-state index in [0.717, 1.165) is 0 Å². The zero-order valence-corrected chi connectivity index (χ0v) is 17.7. The van der Waals surface area contributed by atoms with Gasteiger partial charge < -0.3 is 0 Å². The first-order valence-electron chi connectivity index (χ1n) is 19.4. The second-order valence-electron chi connectivity index (χ2n) is 7.48. The molecule has 1 heterocycles. The number of imidazole rings is 1. The molecule has 7 aromatic rings. The Labute approximate surface area is 229 Å². The van der Waals surface area contributed by atoms with E-state index in [-0.39, 0.29) is 22.5 Å². The molecule has 0 amide bonds. The van der Waals surface area contributed by atoms with Crippen molar-refractivity contribution >= 4 is 32.6 Å². The van der Waals surface area contributed by atoms with E-state index in [1.165, 1.54) is 16.7 Å². The predicted molar refractivity (Wildman–Crippen MR) is 147 cm³/mol. The molecule has 164 valence electrons. The normalized spacial score (nSPS) is 18.6. The van der Waals surface area contributed by atoms with Crippen molar-refractivity contribution < 1.29 is 24.7 Å². The van der Waals surface area contributed by atoms with Gasteiger partial charge in [0, 0.05) is 16.3 Å². The lowest BCUT2D eigenvalue weighted by atomic mass is 9.90. The van der Waals surface area contributed by atoms with Crippen molar-refractivity contribution in [2.45, 2.75) is 0 Å². The van der Waals surface area contributed by atoms with Crippen molar-refractivity contribution in [1.82, 2.24) is 9.55 Å². The van der Waals surface area contributed by atoms with Gasteiger partial charge in [-0.25, -0.2) is 4.98 Å². The molecule has 7 rings (SSSR count). The fourth-order valence-corrected chi connectivity index (χ4v) is 4.24. The van der Waals surface area contributed by atoms with Crippen LogP contribution >= 0.6 is 0 Å². The van der Waals surface area contributed by atoms with Crippen LogP contribution in [-0.2, 0) is 0 Å². The van der Waals surface area contributed by atoms with Gasteiger partial charge in [-0.1, -0.05) is 121 Å². The molecule has 35 heavy (non-hydrogen) atoms. The summed E-state index contributed by atoms with van der Waals surface area (Å²) in [7, 11) is 0. The van der Waals surface area contributed by atoms with Crippen LogP contribution in [0.1, 0.15) is 24.7 Å². The highest BCUT2D eigenvalue weighted by Crippen LogP contribution is 2.43. The summed E-state index contributed by atoms with van der Waals surface area (Å²) in [5, 5.41) is -1.78. The van der Waals surface area contributed by atoms with Crippen molar-refractivity contribution in [3.63, 3.8) is 0 Å². The fraction of sp³-hybridized carbons (Fsp3) is 0. The molecule has 0 aliphatic carbocycles. The molecule has 0 aliphatic rings. The summed E-state index contributed by atoms with van der Waals surface area (Å²) in [6, 6.07) is -7.49. The largest absolute Gasteiger partial charge is 0.291 e. The van der Waals surface area contributed by atoms with E-state index in [1.807, 2.05) is 0 Å². The molecule has 0 unspecified atom stereocenters. The highest BCUT2D eigenvalue weighted by Gasteiger charge is 2.21. The van der Waals surface area contributed by atoms with E-state index in [9.17, 15) is 2.74 Å². The molecule has 0 saturated heterocycles. The lowest BCUT2D eigenvalue weighted by Gasteiger charge is -2.20. The Morgan fingerprint density at radius 2 is 1.06 bits per heavy atom. The van der Waals surface area contributed by atoms with E-state index >= 15 is 0 Å². The molecule has 0 fully saturated rings. The Balaban J connectivity index is 1.92. The van der Waals surface area contributed by atoms with Crippen LogP contribution in [0.3, 0.4) is 0 Å². The highest BCUT2D eigenvalue weighted by molar-refractivity contribution is 6.18. The van der Waals surface area contributed by atoms with Crippen LogP contribution in [0.4, 0.5) is 0 Å². The first-order chi connectivity index (χ1) is 24.9. The summed E-state index contributed by atoms with van der Waals surface area (Å²) in [5.74, 6) is -0.332. The number of benzene rings is 6. The smallest absolute Gasteiger partial charge is 0.145 e. The number of aromatic nitrogens is 2. The molecule has 2 heteroatoms. The third kappa shape index (κ3) is 3.08. The van der Waals surface area contributed by atoms with Gasteiger partial charge in [-0.2, -0.15) is 0 Å². The average Bonchev–Trinajstić information content (AvgIpc) is 3.52. The SMILES string of the molecule is [2H]c1c([2H])c([2H])c(-c2c3c([2H])c([2H])c([2H])c([2H])c3c(-n3c(-c4c([2H])c([2H])c([2H])c([2H])c4[2H])nc4ccccc43)c3c([2H])c([2H])c([2H])c([2H])c23)c([2H])c1[2H]. The van der Waals surface area contributed by atoms with Crippen LogP contribution in [0.15, 0.2) is 133 Å². The molecule has 2 nitrogen and oxygen atoms in total. The van der Waals surface area contributed by atoms with E-state index in [1.54, 1.807) is 12.1 Å². The summed E-state index contributed by atoms with van der Waals surface area (Å²) in [5.41, 5.74) is -1.53. The molecular formula is C33H22N2. The Hall–Kier alpha value is -4.69. The minimum absolute atomic E-state index is 0.146. The van der Waals surface area contributed by atoms with Crippen LogP contribution in [0, 0.1) is 0 Å². The number of para-hydroxylation sites is 2. The van der Waals surface area contributed by atoms with Crippen molar-refractivity contribution in [2.75, 3.05) is 0 Å². The molecule has 0 atom stereocenters. The fourth-order valence-electron chi connectivity index (χ4n) is 4.24. The lowest BCUT2D eigenvalue weighted by Crippen LogP contribution is -2.01. The molecule has 0 N–H and O–H groups in total. The molecule has 0 bridgehead atoms. The quantitative estimate of drug-likeness (QED) is 0.239. The molecule has 0 aliphatic heterocycles. The molecule has 0 spiro atoms. The number of hydrogen-bond donors (Lipinski definition) is 0. The number of fused-ring (bicyclic) bond motifs is 3. The third-order valence-corrected chi connectivity index (χ3v) is 5.61. The van der Waals surface area contributed by atoms with Crippen LogP contribution < -0.4 is 0 Å². The van der Waals surface area contributed by atoms with Gasteiger partial charge in [0.25, 0.3) is 0 Å². The van der Waals surface area contributed by atoms with Gasteiger partial charge in [-0.05, 0) is 34.0 Å². The standard InChI is InChI=1S/C33H22N2/c1-3-13-23(14-4-1)31-25-17-7-9-19-27(25)32(28-20-10-8-18-26(28)31)35-30-22-12-11-21-29(30)34-33(35)24-15-5-2-6-16-24/h1-22H/i1D,2D,3D,4D,5D,6D,7D,8D,9D,10D,13D,14D,15D,16D,17D,18D,19D,20D. The van der Waals surface area contributed by atoms with E-state index < -0.39 is 147 Å².